The first-order valence-electron chi connectivity index (χ1n) is 8.82. The quantitative estimate of drug-likeness (QED) is 0.483. The molecule has 2 aromatic carbocycles. The van der Waals surface area contributed by atoms with Gasteiger partial charge in [0.15, 0.2) is 0 Å². The monoisotopic (exact) mass is 443 g/mol. The molecular weight excluding hydrogens is 428 g/mol. The van der Waals surface area contributed by atoms with Crippen molar-refractivity contribution in [1.29, 1.82) is 0 Å². The Morgan fingerprint density at radius 2 is 1.55 bits per heavy atom. The van der Waals surface area contributed by atoms with E-state index in [-0.39, 0.29) is 23.2 Å². The van der Waals surface area contributed by atoms with Gasteiger partial charge in [-0.3, -0.25) is 0 Å². The fourth-order valence-electron chi connectivity index (χ4n) is 3.43. The number of carbonyl (C=O) groups is 1. The van der Waals surface area contributed by atoms with Crippen LogP contribution < -0.4 is 4.74 Å². The summed E-state index contributed by atoms with van der Waals surface area (Å²) in [4.78, 5) is 12.0. The molecule has 0 fully saturated rings. The summed E-state index contributed by atoms with van der Waals surface area (Å²) >= 11 is 0. The standard InChI is InChI=1S/C21H15F6NO3/c1-12-16(14-7-9-15(10-8-14)31-21(25,26)27)17(19(29)30)28(18(12)20(22,23)24)11-13-5-3-2-4-6-13/h2-10H,11H2,1H3,(H,29,30). The number of aromatic nitrogens is 1. The molecule has 0 aliphatic rings. The lowest BCUT2D eigenvalue weighted by atomic mass is 10.0. The lowest BCUT2D eigenvalue weighted by Crippen LogP contribution is -2.19. The van der Waals surface area contributed by atoms with E-state index in [9.17, 15) is 36.2 Å². The van der Waals surface area contributed by atoms with Crippen LogP contribution in [0.4, 0.5) is 26.3 Å². The molecule has 0 radical (unpaired) electrons. The average Bonchev–Trinajstić information content (AvgIpc) is 2.94. The molecule has 1 N–H and O–H groups in total. The zero-order chi connectivity index (χ0) is 23.0. The number of hydrogen-bond acceptors (Lipinski definition) is 2. The second kappa shape index (κ2) is 8.01. The highest BCUT2D eigenvalue weighted by molar-refractivity contribution is 5.96. The number of halogens is 6. The van der Waals surface area contributed by atoms with Gasteiger partial charge in [0.2, 0.25) is 0 Å². The molecular formula is C21H15F6NO3. The molecule has 0 spiro atoms. The van der Waals surface area contributed by atoms with Crippen LogP contribution in [-0.4, -0.2) is 22.0 Å². The maximum Gasteiger partial charge on any atom is 0.573 e. The Kier molecular flexibility index (Phi) is 5.75. The number of nitrogens with zero attached hydrogens (tertiary/aromatic N) is 1. The van der Waals surface area contributed by atoms with Crippen LogP contribution in [-0.2, 0) is 12.7 Å². The first kappa shape index (κ1) is 22.3. The van der Waals surface area contributed by atoms with Gasteiger partial charge in [-0.2, -0.15) is 13.2 Å². The predicted molar refractivity (Wildman–Crippen MR) is 98.8 cm³/mol. The summed E-state index contributed by atoms with van der Waals surface area (Å²) in [7, 11) is 0. The lowest BCUT2D eigenvalue weighted by Gasteiger charge is -2.15. The maximum absolute atomic E-state index is 13.9. The minimum Gasteiger partial charge on any atom is -0.477 e. The van der Waals surface area contributed by atoms with Crippen LogP contribution >= 0.6 is 0 Å². The third kappa shape index (κ3) is 4.84. The molecule has 164 valence electrons. The van der Waals surface area contributed by atoms with Crippen LogP contribution in [0.15, 0.2) is 54.6 Å². The Hall–Kier alpha value is -3.43. The molecule has 4 nitrogen and oxygen atoms in total. The molecule has 0 bridgehead atoms. The van der Waals surface area contributed by atoms with Gasteiger partial charge in [0, 0.05) is 12.1 Å². The topological polar surface area (TPSA) is 51.5 Å². The summed E-state index contributed by atoms with van der Waals surface area (Å²) in [5.74, 6) is -2.18. The maximum atomic E-state index is 13.9. The minimum atomic E-state index is -4.94. The van der Waals surface area contributed by atoms with E-state index in [2.05, 4.69) is 4.74 Å². The molecule has 0 atom stereocenters. The van der Waals surface area contributed by atoms with Gasteiger partial charge in [-0.15, -0.1) is 13.2 Å². The highest BCUT2D eigenvalue weighted by Crippen LogP contribution is 2.41. The SMILES string of the molecule is Cc1c(-c2ccc(OC(F)(F)F)cc2)c(C(=O)O)n(Cc2ccccc2)c1C(F)(F)F. The molecule has 0 unspecified atom stereocenters. The molecule has 10 heteroatoms. The molecule has 3 rings (SSSR count). The number of carboxylic acid groups (broad SMARTS) is 1. The average molecular weight is 443 g/mol. The zero-order valence-corrected chi connectivity index (χ0v) is 15.9. The van der Waals surface area contributed by atoms with Gasteiger partial charge < -0.3 is 14.4 Å². The highest BCUT2D eigenvalue weighted by Gasteiger charge is 2.41. The van der Waals surface area contributed by atoms with Crippen LogP contribution in [0.5, 0.6) is 5.75 Å². The van der Waals surface area contributed by atoms with E-state index in [0.29, 0.717) is 10.1 Å². The van der Waals surface area contributed by atoms with Gasteiger partial charge >= 0.3 is 18.5 Å². The molecule has 3 aromatic rings. The number of carboxylic acids is 1. The molecule has 0 aliphatic heterocycles. The van der Waals surface area contributed by atoms with Crippen LogP contribution in [0.25, 0.3) is 11.1 Å². The van der Waals surface area contributed by atoms with Crippen molar-refractivity contribution in [1.82, 2.24) is 4.57 Å². The summed E-state index contributed by atoms with van der Waals surface area (Å²) in [5.41, 5.74) is -1.86. The molecule has 1 aromatic heterocycles. The summed E-state index contributed by atoms with van der Waals surface area (Å²) < 4.78 is 83.2. The summed E-state index contributed by atoms with van der Waals surface area (Å²) in [6.07, 6.45) is -9.80. The van der Waals surface area contributed by atoms with Gasteiger partial charge in [-0.1, -0.05) is 42.5 Å². The molecule has 31 heavy (non-hydrogen) atoms. The van der Waals surface area contributed by atoms with Gasteiger partial charge in [-0.25, -0.2) is 4.79 Å². The fraction of sp³-hybridized carbons (Fsp3) is 0.190. The van der Waals surface area contributed by atoms with Crippen LogP contribution in [0.1, 0.15) is 27.3 Å². The Labute approximate surface area is 172 Å². The van der Waals surface area contributed by atoms with E-state index in [1.165, 1.54) is 0 Å². The third-order valence-corrected chi connectivity index (χ3v) is 4.54. The molecule has 0 aliphatic carbocycles. The Morgan fingerprint density at radius 3 is 2.03 bits per heavy atom. The van der Waals surface area contributed by atoms with Gasteiger partial charge in [-0.05, 0) is 35.7 Å². The summed E-state index contributed by atoms with van der Waals surface area (Å²) in [6, 6.07) is 12.0. The summed E-state index contributed by atoms with van der Waals surface area (Å²) in [5, 5.41) is 9.74. The summed E-state index contributed by atoms with van der Waals surface area (Å²) in [6.45, 7) is 0.777. The molecule has 1 heterocycles. The first-order chi connectivity index (χ1) is 14.4. The van der Waals surface area contributed by atoms with Crippen molar-refractivity contribution in [3.63, 3.8) is 0 Å². The fourth-order valence-corrected chi connectivity index (χ4v) is 3.43. The Morgan fingerprint density at radius 1 is 0.968 bits per heavy atom. The third-order valence-electron chi connectivity index (χ3n) is 4.54. The molecule has 0 saturated heterocycles. The van der Waals surface area contributed by atoms with E-state index in [0.717, 1.165) is 31.2 Å². The van der Waals surface area contributed by atoms with Crippen LogP contribution in [0.2, 0.25) is 0 Å². The van der Waals surface area contributed by atoms with Crippen molar-refractivity contribution in [2.24, 2.45) is 0 Å². The van der Waals surface area contributed by atoms with E-state index in [4.69, 9.17) is 0 Å². The Bertz CT molecular complexity index is 1080. The van der Waals surface area contributed by atoms with Crippen molar-refractivity contribution in [3.05, 3.63) is 77.1 Å². The largest absolute Gasteiger partial charge is 0.573 e. The van der Waals surface area contributed by atoms with Gasteiger partial charge in [0.25, 0.3) is 0 Å². The normalized spacial score (nSPS) is 12.1. The zero-order valence-electron chi connectivity index (χ0n) is 15.9. The van der Waals surface area contributed by atoms with Crippen molar-refractivity contribution in [2.45, 2.75) is 26.0 Å². The number of aromatic carboxylic acids is 1. The van der Waals surface area contributed by atoms with Crippen molar-refractivity contribution >= 4 is 5.97 Å². The van der Waals surface area contributed by atoms with E-state index in [1.54, 1.807) is 30.3 Å². The van der Waals surface area contributed by atoms with E-state index in [1.807, 2.05) is 0 Å². The molecule has 0 saturated carbocycles. The van der Waals surface area contributed by atoms with Gasteiger partial charge in [0.1, 0.15) is 17.1 Å². The Balaban J connectivity index is 2.20. The van der Waals surface area contributed by atoms with E-state index >= 15 is 0 Å². The lowest BCUT2D eigenvalue weighted by molar-refractivity contribution is -0.274. The van der Waals surface area contributed by atoms with Crippen molar-refractivity contribution in [3.8, 4) is 16.9 Å². The van der Waals surface area contributed by atoms with Crippen LogP contribution in [0, 0.1) is 6.92 Å². The number of rotatable bonds is 5. The van der Waals surface area contributed by atoms with Crippen molar-refractivity contribution < 1.29 is 41.0 Å². The number of ether oxygens (including phenoxy) is 1. The number of alkyl halides is 6. The van der Waals surface area contributed by atoms with Gasteiger partial charge in [0.05, 0.1) is 0 Å². The number of hydrogen-bond donors (Lipinski definition) is 1. The minimum absolute atomic E-state index is 0.0155. The predicted octanol–water partition coefficient (Wildman–Crippen LogP) is 6.13. The molecule has 0 amide bonds. The number of benzene rings is 2. The second-order valence-corrected chi connectivity index (χ2v) is 6.64. The smallest absolute Gasteiger partial charge is 0.477 e. The second-order valence-electron chi connectivity index (χ2n) is 6.64. The van der Waals surface area contributed by atoms with E-state index < -0.39 is 35.6 Å². The first-order valence-corrected chi connectivity index (χ1v) is 8.82. The highest BCUT2D eigenvalue weighted by atomic mass is 19.4. The van der Waals surface area contributed by atoms with Crippen molar-refractivity contribution in [2.75, 3.05) is 0 Å². The van der Waals surface area contributed by atoms with Crippen LogP contribution in [0.3, 0.4) is 0 Å².